The lowest BCUT2D eigenvalue weighted by molar-refractivity contribution is -0.143. The van der Waals surface area contributed by atoms with Gasteiger partial charge in [-0.15, -0.1) is 0 Å². The van der Waals surface area contributed by atoms with Gasteiger partial charge in [-0.2, -0.15) is 0 Å². The highest BCUT2D eigenvalue weighted by Gasteiger charge is 2.52. The molecule has 0 aromatic rings. The van der Waals surface area contributed by atoms with Gasteiger partial charge in [0, 0.05) is 38.3 Å². The molecule has 4 bridgehead atoms. The smallest absolute Gasteiger partial charge is 0.251 e. The fraction of sp³-hybridized carbons (Fsp3) is 0.909. The summed E-state index contributed by atoms with van der Waals surface area (Å²) >= 11 is 0. The van der Waals surface area contributed by atoms with E-state index in [2.05, 4.69) is 10.2 Å². The number of hydrogen-bond acceptors (Lipinski definition) is 4. The molecule has 2 amide bonds. The third-order valence-electron chi connectivity index (χ3n) is 8.18. The van der Waals surface area contributed by atoms with Crippen LogP contribution in [0.5, 0.6) is 0 Å². The first-order chi connectivity index (χ1) is 13.5. The van der Waals surface area contributed by atoms with Crippen molar-refractivity contribution >= 4 is 11.8 Å². The van der Waals surface area contributed by atoms with E-state index >= 15 is 0 Å². The Morgan fingerprint density at radius 1 is 1.00 bits per heavy atom. The Hall–Kier alpha value is -1.14. The maximum Gasteiger partial charge on any atom is 0.251 e. The van der Waals surface area contributed by atoms with Crippen molar-refractivity contribution in [2.45, 2.75) is 76.0 Å². The average Bonchev–Trinajstić information content (AvgIpc) is 3.20. The number of hydrogen-bond donors (Lipinski definition) is 1. The van der Waals surface area contributed by atoms with Crippen LogP contribution in [0, 0.1) is 17.8 Å². The van der Waals surface area contributed by atoms with Gasteiger partial charge in [0.2, 0.25) is 5.91 Å². The van der Waals surface area contributed by atoms with Crippen LogP contribution in [0.4, 0.5) is 0 Å². The van der Waals surface area contributed by atoms with E-state index in [1.807, 2.05) is 11.8 Å². The van der Waals surface area contributed by atoms with E-state index in [0.29, 0.717) is 19.7 Å². The molecule has 2 atom stereocenters. The van der Waals surface area contributed by atoms with Crippen LogP contribution in [0.2, 0.25) is 0 Å². The van der Waals surface area contributed by atoms with Gasteiger partial charge in [0.1, 0.15) is 6.10 Å². The lowest BCUT2D eigenvalue weighted by Gasteiger charge is -2.57. The summed E-state index contributed by atoms with van der Waals surface area (Å²) in [7, 11) is 0. The van der Waals surface area contributed by atoms with Crippen molar-refractivity contribution in [3.8, 4) is 0 Å². The topological polar surface area (TPSA) is 61.9 Å². The molecule has 0 spiro atoms. The van der Waals surface area contributed by atoms with Gasteiger partial charge in [-0.1, -0.05) is 0 Å². The Morgan fingerprint density at radius 3 is 2.14 bits per heavy atom. The van der Waals surface area contributed by atoms with Crippen LogP contribution < -0.4 is 5.32 Å². The molecular weight excluding hydrogens is 354 g/mol. The molecule has 6 heteroatoms. The number of amides is 2. The minimum absolute atomic E-state index is 0.0810. The zero-order valence-electron chi connectivity index (χ0n) is 17.2. The zero-order valence-corrected chi connectivity index (χ0v) is 17.2. The molecule has 4 aliphatic carbocycles. The van der Waals surface area contributed by atoms with E-state index in [0.717, 1.165) is 43.7 Å². The Kier molecular flexibility index (Phi) is 4.90. The Balaban J connectivity index is 1.14. The molecule has 2 heterocycles. The molecule has 6 rings (SSSR count). The van der Waals surface area contributed by atoms with Crippen molar-refractivity contribution < 1.29 is 14.3 Å². The summed E-state index contributed by atoms with van der Waals surface area (Å²) in [5.41, 5.74) is 0.0810. The minimum atomic E-state index is -0.233. The SMILES string of the molecule is CC(C(=O)NC12CC3CC(CC(C3)C1)C2)N1CCN(C(=O)C2CCCO2)CC1. The molecule has 156 valence electrons. The summed E-state index contributed by atoms with van der Waals surface area (Å²) in [5, 5.41) is 3.52. The highest BCUT2D eigenvalue weighted by Crippen LogP contribution is 2.55. The molecule has 1 N–H and O–H groups in total. The van der Waals surface area contributed by atoms with Gasteiger partial charge in [0.15, 0.2) is 0 Å². The van der Waals surface area contributed by atoms with Crippen molar-refractivity contribution in [2.24, 2.45) is 17.8 Å². The third kappa shape index (κ3) is 3.47. The van der Waals surface area contributed by atoms with Crippen molar-refractivity contribution in [1.29, 1.82) is 0 Å². The Labute approximate surface area is 168 Å². The van der Waals surface area contributed by atoms with Crippen LogP contribution in [-0.4, -0.2) is 72.1 Å². The zero-order chi connectivity index (χ0) is 19.3. The molecule has 6 nitrogen and oxygen atoms in total. The van der Waals surface area contributed by atoms with E-state index in [9.17, 15) is 9.59 Å². The first-order valence-corrected chi connectivity index (χ1v) is 11.5. The summed E-state index contributed by atoms with van der Waals surface area (Å²) in [5.74, 6) is 2.86. The normalized spacial score (nSPS) is 41.2. The van der Waals surface area contributed by atoms with Crippen LogP contribution >= 0.6 is 0 Å². The number of rotatable bonds is 4. The van der Waals surface area contributed by atoms with Gasteiger partial charge >= 0.3 is 0 Å². The number of carbonyl (C=O) groups excluding carboxylic acids is 2. The van der Waals surface area contributed by atoms with Crippen molar-refractivity contribution in [3.63, 3.8) is 0 Å². The van der Waals surface area contributed by atoms with E-state index in [-0.39, 0.29) is 29.5 Å². The van der Waals surface area contributed by atoms with Crippen LogP contribution in [0.3, 0.4) is 0 Å². The number of ether oxygens (including phenoxy) is 1. The molecule has 6 aliphatic rings. The van der Waals surface area contributed by atoms with Crippen LogP contribution in [0.1, 0.15) is 58.3 Å². The molecule has 0 aromatic heterocycles. The molecule has 2 saturated heterocycles. The minimum Gasteiger partial charge on any atom is -0.368 e. The molecule has 2 unspecified atom stereocenters. The molecule has 0 radical (unpaired) electrons. The van der Waals surface area contributed by atoms with Crippen molar-refractivity contribution in [3.05, 3.63) is 0 Å². The molecule has 2 aliphatic heterocycles. The predicted octanol–water partition coefficient (Wildman–Crippen LogP) is 1.78. The second kappa shape index (κ2) is 7.28. The van der Waals surface area contributed by atoms with E-state index < -0.39 is 0 Å². The highest BCUT2D eigenvalue weighted by atomic mass is 16.5. The summed E-state index contributed by atoms with van der Waals surface area (Å²) in [4.78, 5) is 29.8. The molecule has 28 heavy (non-hydrogen) atoms. The lowest BCUT2D eigenvalue weighted by Crippen LogP contribution is -2.63. The fourth-order valence-corrected chi connectivity index (χ4v) is 7.10. The quantitative estimate of drug-likeness (QED) is 0.796. The number of nitrogens with zero attached hydrogens (tertiary/aromatic N) is 2. The largest absolute Gasteiger partial charge is 0.368 e. The van der Waals surface area contributed by atoms with Gasteiger partial charge in [0.05, 0.1) is 6.04 Å². The summed E-state index contributed by atoms with van der Waals surface area (Å²) < 4.78 is 5.55. The first kappa shape index (κ1) is 18.9. The molecular formula is C22H35N3O3. The monoisotopic (exact) mass is 389 g/mol. The fourth-order valence-electron chi connectivity index (χ4n) is 7.10. The average molecular weight is 390 g/mol. The van der Waals surface area contributed by atoms with E-state index in [1.165, 1.54) is 38.5 Å². The van der Waals surface area contributed by atoms with Gasteiger partial charge in [-0.05, 0) is 76.0 Å². The number of nitrogens with one attached hydrogen (secondary N) is 1. The second-order valence-electron chi connectivity index (χ2n) is 10.2. The molecule has 0 aromatic carbocycles. The Morgan fingerprint density at radius 2 is 1.61 bits per heavy atom. The van der Waals surface area contributed by atoms with E-state index in [4.69, 9.17) is 4.74 Å². The van der Waals surface area contributed by atoms with Gasteiger partial charge in [-0.25, -0.2) is 0 Å². The summed E-state index contributed by atoms with van der Waals surface area (Å²) in [6.45, 7) is 5.69. The highest BCUT2D eigenvalue weighted by molar-refractivity contribution is 5.83. The second-order valence-corrected chi connectivity index (χ2v) is 10.2. The van der Waals surface area contributed by atoms with E-state index in [1.54, 1.807) is 0 Å². The maximum atomic E-state index is 13.1. The Bertz CT molecular complexity index is 587. The third-order valence-corrected chi connectivity index (χ3v) is 8.18. The van der Waals surface area contributed by atoms with Crippen LogP contribution in [0.15, 0.2) is 0 Å². The van der Waals surface area contributed by atoms with Gasteiger partial charge in [0.25, 0.3) is 5.91 Å². The molecule has 6 fully saturated rings. The standard InChI is InChI=1S/C22H35N3O3/c1-15(24-4-6-25(7-5-24)21(27)19-3-2-8-28-19)20(26)23-22-12-16-9-17(13-22)11-18(10-16)14-22/h15-19H,2-14H2,1H3,(H,23,26). The van der Waals surface area contributed by atoms with Crippen molar-refractivity contribution in [2.75, 3.05) is 32.8 Å². The number of carbonyl (C=O) groups is 2. The van der Waals surface area contributed by atoms with Gasteiger partial charge < -0.3 is 15.0 Å². The summed E-state index contributed by atoms with van der Waals surface area (Å²) in [6, 6.07) is -0.118. The van der Waals surface area contributed by atoms with Crippen LogP contribution in [-0.2, 0) is 14.3 Å². The summed E-state index contributed by atoms with van der Waals surface area (Å²) in [6.07, 6.45) is 9.37. The maximum absolute atomic E-state index is 13.1. The molecule has 4 saturated carbocycles. The van der Waals surface area contributed by atoms with Crippen molar-refractivity contribution in [1.82, 2.24) is 15.1 Å². The van der Waals surface area contributed by atoms with Crippen LogP contribution in [0.25, 0.3) is 0 Å². The number of piperazine rings is 1. The predicted molar refractivity (Wildman–Crippen MR) is 106 cm³/mol. The first-order valence-electron chi connectivity index (χ1n) is 11.5. The van der Waals surface area contributed by atoms with Gasteiger partial charge in [-0.3, -0.25) is 14.5 Å². The lowest BCUT2D eigenvalue weighted by atomic mass is 9.53.